The Labute approximate surface area is 110 Å². The van der Waals surface area contributed by atoms with Crippen LogP contribution in [-0.2, 0) is 6.42 Å². The summed E-state index contributed by atoms with van der Waals surface area (Å²) in [5, 5.41) is 3.37. The van der Waals surface area contributed by atoms with Crippen molar-refractivity contribution in [2.24, 2.45) is 5.41 Å². The molecular formula is C14H24N4. The summed E-state index contributed by atoms with van der Waals surface area (Å²) < 4.78 is 0. The Morgan fingerprint density at radius 3 is 2.67 bits per heavy atom. The van der Waals surface area contributed by atoms with Crippen LogP contribution in [0.3, 0.4) is 0 Å². The number of rotatable bonds is 5. The Kier molecular flexibility index (Phi) is 4.17. The van der Waals surface area contributed by atoms with Crippen LogP contribution in [0.2, 0.25) is 0 Å². The summed E-state index contributed by atoms with van der Waals surface area (Å²) in [5.41, 5.74) is 1.56. The van der Waals surface area contributed by atoms with Crippen LogP contribution >= 0.6 is 0 Å². The molecule has 0 bridgehead atoms. The third-order valence-corrected chi connectivity index (χ3v) is 3.67. The first kappa shape index (κ1) is 13.3. The van der Waals surface area contributed by atoms with Gasteiger partial charge in [0.2, 0.25) is 5.95 Å². The molecule has 1 aromatic rings. The molecule has 18 heavy (non-hydrogen) atoms. The van der Waals surface area contributed by atoms with Crippen molar-refractivity contribution in [2.45, 2.75) is 33.1 Å². The van der Waals surface area contributed by atoms with Crippen molar-refractivity contribution in [1.29, 1.82) is 0 Å². The first-order valence-corrected chi connectivity index (χ1v) is 6.85. The van der Waals surface area contributed by atoms with E-state index >= 15 is 0 Å². The summed E-state index contributed by atoms with van der Waals surface area (Å²) in [4.78, 5) is 11.1. The van der Waals surface area contributed by atoms with E-state index in [1.165, 1.54) is 18.5 Å². The summed E-state index contributed by atoms with van der Waals surface area (Å²) in [6.45, 7) is 7.78. The molecule has 1 aliphatic heterocycles. The van der Waals surface area contributed by atoms with E-state index in [9.17, 15) is 0 Å². The molecule has 2 heterocycles. The Morgan fingerprint density at radius 2 is 2.11 bits per heavy atom. The largest absolute Gasteiger partial charge is 0.354 e. The maximum atomic E-state index is 4.37. The molecule has 4 nitrogen and oxygen atoms in total. The van der Waals surface area contributed by atoms with Crippen LogP contribution in [0, 0.1) is 5.41 Å². The van der Waals surface area contributed by atoms with E-state index < -0.39 is 0 Å². The topological polar surface area (TPSA) is 41.1 Å². The summed E-state index contributed by atoms with van der Waals surface area (Å²) in [6, 6.07) is 0. The van der Waals surface area contributed by atoms with Gasteiger partial charge in [0.15, 0.2) is 0 Å². The first-order valence-electron chi connectivity index (χ1n) is 6.85. The van der Waals surface area contributed by atoms with E-state index in [4.69, 9.17) is 0 Å². The van der Waals surface area contributed by atoms with Gasteiger partial charge in [0.25, 0.3) is 0 Å². The lowest BCUT2D eigenvalue weighted by atomic mass is 9.90. The fourth-order valence-corrected chi connectivity index (χ4v) is 2.57. The Hall–Kier alpha value is -1.16. The molecule has 2 rings (SSSR count). The van der Waals surface area contributed by atoms with Gasteiger partial charge in [-0.1, -0.05) is 20.3 Å². The van der Waals surface area contributed by atoms with Gasteiger partial charge in [0.1, 0.15) is 0 Å². The quantitative estimate of drug-likeness (QED) is 0.867. The van der Waals surface area contributed by atoms with Crippen molar-refractivity contribution in [3.63, 3.8) is 0 Å². The average Bonchev–Trinajstić information content (AvgIpc) is 2.70. The van der Waals surface area contributed by atoms with E-state index in [0.29, 0.717) is 5.41 Å². The standard InChI is InChI=1S/C14H24N4/c1-4-5-12-8-15-13(16-9-12)17-10-14(2)6-7-18(3)11-14/h8-9H,4-7,10-11H2,1-3H3,(H,15,16,17). The van der Waals surface area contributed by atoms with Gasteiger partial charge in [-0.15, -0.1) is 0 Å². The third kappa shape index (κ3) is 3.42. The van der Waals surface area contributed by atoms with Gasteiger partial charge >= 0.3 is 0 Å². The van der Waals surface area contributed by atoms with Crippen molar-refractivity contribution in [3.05, 3.63) is 18.0 Å². The van der Waals surface area contributed by atoms with Crippen LogP contribution in [0.5, 0.6) is 0 Å². The minimum absolute atomic E-state index is 0.347. The molecule has 0 spiro atoms. The molecule has 1 aromatic heterocycles. The number of nitrogens with zero attached hydrogens (tertiary/aromatic N) is 3. The number of aromatic nitrogens is 2. The van der Waals surface area contributed by atoms with Crippen LogP contribution in [0.25, 0.3) is 0 Å². The van der Waals surface area contributed by atoms with Crippen molar-refractivity contribution < 1.29 is 0 Å². The van der Waals surface area contributed by atoms with E-state index in [2.05, 4.69) is 41.1 Å². The number of hydrogen-bond donors (Lipinski definition) is 1. The second-order valence-corrected chi connectivity index (χ2v) is 5.82. The normalized spacial score (nSPS) is 24.4. The Bertz CT molecular complexity index is 376. The van der Waals surface area contributed by atoms with E-state index in [0.717, 1.165) is 31.9 Å². The number of anilines is 1. The second-order valence-electron chi connectivity index (χ2n) is 5.82. The molecule has 0 aliphatic carbocycles. The molecule has 100 valence electrons. The van der Waals surface area contributed by atoms with Crippen LogP contribution < -0.4 is 5.32 Å². The zero-order valence-corrected chi connectivity index (χ0v) is 11.7. The monoisotopic (exact) mass is 248 g/mol. The minimum Gasteiger partial charge on any atom is -0.354 e. The molecule has 1 aliphatic rings. The van der Waals surface area contributed by atoms with Gasteiger partial charge in [-0.25, -0.2) is 9.97 Å². The first-order chi connectivity index (χ1) is 8.61. The molecule has 1 atom stereocenters. The maximum Gasteiger partial charge on any atom is 0.222 e. The molecular weight excluding hydrogens is 224 g/mol. The van der Waals surface area contributed by atoms with Gasteiger partial charge in [-0.2, -0.15) is 0 Å². The van der Waals surface area contributed by atoms with Crippen LogP contribution in [-0.4, -0.2) is 41.5 Å². The number of likely N-dealkylation sites (tertiary alicyclic amines) is 1. The maximum absolute atomic E-state index is 4.37. The predicted molar refractivity (Wildman–Crippen MR) is 74.7 cm³/mol. The summed E-state index contributed by atoms with van der Waals surface area (Å²) in [5.74, 6) is 0.755. The molecule has 1 fully saturated rings. The molecule has 1 unspecified atom stereocenters. The summed E-state index contributed by atoms with van der Waals surface area (Å²) >= 11 is 0. The van der Waals surface area contributed by atoms with Crippen molar-refractivity contribution in [1.82, 2.24) is 14.9 Å². The van der Waals surface area contributed by atoms with Crippen molar-refractivity contribution >= 4 is 5.95 Å². The minimum atomic E-state index is 0.347. The molecule has 0 saturated carbocycles. The summed E-state index contributed by atoms with van der Waals surface area (Å²) in [6.07, 6.45) is 7.30. The lowest BCUT2D eigenvalue weighted by Gasteiger charge is -2.23. The summed E-state index contributed by atoms with van der Waals surface area (Å²) in [7, 11) is 2.18. The van der Waals surface area contributed by atoms with Gasteiger partial charge in [0, 0.05) is 25.5 Å². The number of hydrogen-bond acceptors (Lipinski definition) is 4. The van der Waals surface area contributed by atoms with Crippen molar-refractivity contribution in [2.75, 3.05) is 32.0 Å². The highest BCUT2D eigenvalue weighted by atomic mass is 15.2. The molecule has 0 amide bonds. The van der Waals surface area contributed by atoms with Gasteiger partial charge in [-0.3, -0.25) is 0 Å². The van der Waals surface area contributed by atoms with Gasteiger partial charge in [0.05, 0.1) is 0 Å². The van der Waals surface area contributed by atoms with E-state index in [1.807, 2.05) is 12.4 Å². The van der Waals surface area contributed by atoms with E-state index in [1.54, 1.807) is 0 Å². The van der Waals surface area contributed by atoms with Crippen molar-refractivity contribution in [3.8, 4) is 0 Å². The molecule has 0 aromatic carbocycles. The van der Waals surface area contributed by atoms with Crippen LogP contribution in [0.15, 0.2) is 12.4 Å². The number of aryl methyl sites for hydroxylation is 1. The second kappa shape index (κ2) is 5.65. The lowest BCUT2D eigenvalue weighted by Crippen LogP contribution is -2.30. The highest BCUT2D eigenvalue weighted by molar-refractivity contribution is 5.25. The van der Waals surface area contributed by atoms with Crippen LogP contribution in [0.1, 0.15) is 32.3 Å². The number of nitrogens with one attached hydrogen (secondary N) is 1. The zero-order valence-electron chi connectivity index (χ0n) is 11.7. The Morgan fingerprint density at radius 1 is 1.39 bits per heavy atom. The highest BCUT2D eigenvalue weighted by Gasteiger charge is 2.31. The molecule has 1 N–H and O–H groups in total. The molecule has 0 radical (unpaired) electrons. The fraction of sp³-hybridized carbons (Fsp3) is 0.714. The predicted octanol–water partition coefficient (Wildman–Crippen LogP) is 2.18. The van der Waals surface area contributed by atoms with Crippen LogP contribution in [0.4, 0.5) is 5.95 Å². The SMILES string of the molecule is CCCc1cnc(NCC2(C)CCN(C)C2)nc1. The Balaban J connectivity index is 1.86. The smallest absolute Gasteiger partial charge is 0.222 e. The van der Waals surface area contributed by atoms with Gasteiger partial charge in [-0.05, 0) is 37.4 Å². The lowest BCUT2D eigenvalue weighted by molar-refractivity contribution is 0.325. The third-order valence-electron chi connectivity index (χ3n) is 3.67. The zero-order chi connectivity index (χ0) is 13.0. The molecule has 4 heteroatoms. The molecule has 1 saturated heterocycles. The highest BCUT2D eigenvalue weighted by Crippen LogP contribution is 2.28. The van der Waals surface area contributed by atoms with Gasteiger partial charge < -0.3 is 10.2 Å². The van der Waals surface area contributed by atoms with E-state index in [-0.39, 0.29) is 0 Å². The average molecular weight is 248 g/mol. The fourth-order valence-electron chi connectivity index (χ4n) is 2.57.